The van der Waals surface area contributed by atoms with Gasteiger partial charge in [0.15, 0.2) is 5.12 Å². The molecule has 2 unspecified atom stereocenters. The Morgan fingerprint density at radius 1 is 1.42 bits per heavy atom. The fourth-order valence-corrected chi connectivity index (χ4v) is 3.05. The molecule has 0 radical (unpaired) electrons. The smallest absolute Gasteiger partial charge is 0.308 e. The molecular weight excluding hydrogens is 288 g/mol. The minimum atomic E-state index is -1.05. The van der Waals surface area contributed by atoms with E-state index < -0.39 is 18.2 Å². The van der Waals surface area contributed by atoms with Crippen LogP contribution < -0.4 is 0 Å². The van der Waals surface area contributed by atoms with Gasteiger partial charge in [-0.1, -0.05) is 11.8 Å². The summed E-state index contributed by atoms with van der Waals surface area (Å²) in [7, 11) is 0. The van der Waals surface area contributed by atoms with E-state index in [1.807, 2.05) is 0 Å². The molecule has 0 aliphatic heterocycles. The van der Waals surface area contributed by atoms with Crippen molar-refractivity contribution in [3.63, 3.8) is 0 Å². The Bertz CT molecular complexity index is 443. The van der Waals surface area contributed by atoms with Gasteiger partial charge in [-0.3, -0.25) is 9.59 Å². The number of aliphatic hydroxyl groups is 2. The average molecular weight is 304 g/mol. The number of hydrogen-bond acceptors (Lipinski definition) is 6. The van der Waals surface area contributed by atoms with Crippen LogP contribution in [0, 0.1) is 0 Å². The fourth-order valence-electron chi connectivity index (χ4n) is 1.50. The molecular formula is C12H16O5S2. The second-order valence-electron chi connectivity index (χ2n) is 4.06. The lowest BCUT2D eigenvalue weighted by Gasteiger charge is -2.16. The van der Waals surface area contributed by atoms with E-state index in [1.165, 1.54) is 18.3 Å². The van der Waals surface area contributed by atoms with Gasteiger partial charge in [-0.25, -0.2) is 0 Å². The number of rotatable bonds is 7. The Morgan fingerprint density at radius 2 is 2.11 bits per heavy atom. The molecule has 7 heteroatoms. The highest BCUT2D eigenvalue weighted by molar-refractivity contribution is 8.13. The average Bonchev–Trinajstić information content (AvgIpc) is 2.74. The zero-order chi connectivity index (χ0) is 14.4. The lowest BCUT2D eigenvalue weighted by Crippen LogP contribution is -2.18. The maximum atomic E-state index is 10.7. The van der Waals surface area contributed by atoms with E-state index in [4.69, 9.17) is 5.11 Å². The van der Waals surface area contributed by atoms with Gasteiger partial charge in [0.2, 0.25) is 0 Å². The first-order valence-electron chi connectivity index (χ1n) is 5.68. The molecule has 1 aromatic rings. The molecule has 0 aliphatic rings. The van der Waals surface area contributed by atoms with Crippen LogP contribution in [0.5, 0.6) is 0 Å². The number of thiophene rings is 1. The van der Waals surface area contributed by atoms with Gasteiger partial charge in [-0.15, -0.1) is 11.3 Å². The molecule has 0 amide bonds. The van der Waals surface area contributed by atoms with Crippen molar-refractivity contribution in [2.24, 2.45) is 0 Å². The molecule has 0 bridgehead atoms. The van der Waals surface area contributed by atoms with Gasteiger partial charge in [0.05, 0.1) is 12.5 Å². The Balaban J connectivity index is 2.51. The van der Waals surface area contributed by atoms with Gasteiger partial charge in [0.1, 0.15) is 6.10 Å². The molecule has 106 valence electrons. The van der Waals surface area contributed by atoms with Gasteiger partial charge in [-0.05, 0) is 23.4 Å². The summed E-state index contributed by atoms with van der Waals surface area (Å²) < 4.78 is 0. The number of thioether (sulfide) groups is 1. The number of aliphatic hydroxyl groups excluding tert-OH is 2. The van der Waals surface area contributed by atoms with Gasteiger partial charge in [-0.2, -0.15) is 0 Å². The molecule has 1 rings (SSSR count). The van der Waals surface area contributed by atoms with Crippen LogP contribution in [0.3, 0.4) is 0 Å². The zero-order valence-corrected chi connectivity index (χ0v) is 12.0. The van der Waals surface area contributed by atoms with Crippen LogP contribution in [0.4, 0.5) is 0 Å². The van der Waals surface area contributed by atoms with E-state index in [0.717, 1.165) is 11.8 Å². The van der Waals surface area contributed by atoms with Crippen molar-refractivity contribution in [2.75, 3.05) is 5.75 Å². The summed E-state index contributed by atoms with van der Waals surface area (Å²) in [6.07, 6.45) is -1.80. The number of hydrogen-bond donors (Lipinski definition) is 3. The summed E-state index contributed by atoms with van der Waals surface area (Å²) in [5.74, 6) is -0.485. The van der Waals surface area contributed by atoms with Gasteiger partial charge >= 0.3 is 5.97 Å². The molecule has 1 heterocycles. The highest BCUT2D eigenvalue weighted by Gasteiger charge is 2.20. The number of carboxylic acid groups (broad SMARTS) is 1. The van der Waals surface area contributed by atoms with Crippen molar-refractivity contribution in [1.29, 1.82) is 0 Å². The van der Waals surface area contributed by atoms with Crippen molar-refractivity contribution in [1.82, 2.24) is 0 Å². The minimum absolute atomic E-state index is 0.0269. The van der Waals surface area contributed by atoms with Crippen LogP contribution in [0.2, 0.25) is 0 Å². The number of carbonyl (C=O) groups excluding carboxylic acids is 1. The molecule has 1 aromatic heterocycles. The summed E-state index contributed by atoms with van der Waals surface area (Å²) in [6.45, 7) is 1.45. The molecule has 2 atom stereocenters. The first-order valence-corrected chi connectivity index (χ1v) is 7.55. The van der Waals surface area contributed by atoms with Crippen LogP contribution >= 0.6 is 23.1 Å². The topological polar surface area (TPSA) is 94.8 Å². The zero-order valence-electron chi connectivity index (χ0n) is 10.4. The maximum absolute atomic E-state index is 10.7. The summed E-state index contributed by atoms with van der Waals surface area (Å²) in [5.41, 5.74) is 0.515. The standard InChI is InChI=1S/C12H16O5S2/c1-7(13)18-3-2-10(14)12(17)8-4-9(19-6-8)5-11(15)16/h4,6,10,12,14,17H,2-3,5H2,1H3,(H,15,16). The number of aliphatic carboxylic acids is 1. The minimum Gasteiger partial charge on any atom is -0.481 e. The quantitative estimate of drug-likeness (QED) is 0.705. The Hall–Kier alpha value is -0.890. The van der Waals surface area contributed by atoms with Gasteiger partial charge in [0, 0.05) is 17.6 Å². The SMILES string of the molecule is CC(=O)SCCC(O)C(O)c1csc(CC(=O)O)c1. The summed E-state index contributed by atoms with van der Waals surface area (Å²) in [5, 5.41) is 30.0. The van der Waals surface area contributed by atoms with E-state index in [2.05, 4.69) is 0 Å². The van der Waals surface area contributed by atoms with E-state index in [0.29, 0.717) is 22.6 Å². The van der Waals surface area contributed by atoms with E-state index in [1.54, 1.807) is 11.4 Å². The summed E-state index contributed by atoms with van der Waals surface area (Å²) in [4.78, 5) is 21.9. The van der Waals surface area contributed by atoms with E-state index >= 15 is 0 Å². The van der Waals surface area contributed by atoms with Crippen LogP contribution in [-0.2, 0) is 16.0 Å². The molecule has 0 aromatic carbocycles. The third-order valence-electron chi connectivity index (χ3n) is 2.42. The van der Waals surface area contributed by atoms with Crippen molar-refractivity contribution < 1.29 is 24.9 Å². The number of carboxylic acids is 1. The molecule has 19 heavy (non-hydrogen) atoms. The van der Waals surface area contributed by atoms with Gasteiger partial charge in [0.25, 0.3) is 0 Å². The normalized spacial score (nSPS) is 14.1. The largest absolute Gasteiger partial charge is 0.481 e. The second kappa shape index (κ2) is 7.64. The Kier molecular flexibility index (Phi) is 6.50. The molecule has 0 aliphatic carbocycles. The monoisotopic (exact) mass is 304 g/mol. The van der Waals surface area contributed by atoms with Crippen molar-refractivity contribution in [3.8, 4) is 0 Å². The first-order chi connectivity index (χ1) is 8.90. The summed E-state index contributed by atoms with van der Waals surface area (Å²) >= 11 is 2.34. The molecule has 0 spiro atoms. The molecule has 3 N–H and O–H groups in total. The molecule has 5 nitrogen and oxygen atoms in total. The van der Waals surface area contributed by atoms with Crippen LogP contribution in [0.1, 0.15) is 29.9 Å². The Morgan fingerprint density at radius 3 is 2.68 bits per heavy atom. The maximum Gasteiger partial charge on any atom is 0.308 e. The third-order valence-corrected chi connectivity index (χ3v) is 4.23. The lowest BCUT2D eigenvalue weighted by atomic mass is 10.1. The predicted octanol–water partition coefficient (Wildman–Crippen LogP) is 1.44. The summed E-state index contributed by atoms with van der Waals surface area (Å²) in [6, 6.07) is 1.59. The van der Waals surface area contributed by atoms with Crippen molar-refractivity contribution in [3.05, 3.63) is 21.9 Å². The van der Waals surface area contributed by atoms with E-state index in [-0.39, 0.29) is 11.5 Å². The highest BCUT2D eigenvalue weighted by Crippen LogP contribution is 2.25. The predicted molar refractivity (Wildman–Crippen MR) is 74.4 cm³/mol. The van der Waals surface area contributed by atoms with Crippen LogP contribution in [0.15, 0.2) is 11.4 Å². The van der Waals surface area contributed by atoms with Gasteiger partial charge < -0.3 is 15.3 Å². The van der Waals surface area contributed by atoms with Crippen LogP contribution in [-0.4, -0.2) is 38.3 Å². The number of carbonyl (C=O) groups is 2. The highest BCUT2D eigenvalue weighted by atomic mass is 32.2. The first kappa shape index (κ1) is 16.2. The second-order valence-corrected chi connectivity index (χ2v) is 6.33. The molecule has 0 fully saturated rings. The molecule has 0 saturated heterocycles. The fraction of sp³-hybridized carbons (Fsp3) is 0.500. The lowest BCUT2D eigenvalue weighted by molar-refractivity contribution is -0.136. The van der Waals surface area contributed by atoms with E-state index in [9.17, 15) is 19.8 Å². The molecule has 0 saturated carbocycles. The van der Waals surface area contributed by atoms with Crippen LogP contribution in [0.25, 0.3) is 0 Å². The van der Waals surface area contributed by atoms with Crippen molar-refractivity contribution in [2.45, 2.75) is 32.0 Å². The Labute approximate surface area is 119 Å². The van der Waals surface area contributed by atoms with Crippen molar-refractivity contribution >= 4 is 34.2 Å². The third kappa shape index (κ3) is 5.73.